The van der Waals surface area contributed by atoms with Crippen LogP contribution in [0.15, 0.2) is 60.8 Å². The second-order valence-corrected chi connectivity index (χ2v) is 6.78. The van der Waals surface area contributed by atoms with Gasteiger partial charge in [0.05, 0.1) is 11.3 Å². The normalized spacial score (nSPS) is 11.6. The van der Waals surface area contributed by atoms with Crippen molar-refractivity contribution in [2.24, 2.45) is 0 Å². The molecular weight excluding hydrogens is 347 g/mol. The lowest BCUT2D eigenvalue weighted by atomic mass is 9.94. The number of hydrogen-bond donors (Lipinski definition) is 0. The van der Waals surface area contributed by atoms with Crippen LogP contribution < -0.4 is 0 Å². The second-order valence-electron chi connectivity index (χ2n) is 6.78. The molecule has 1 heterocycles. The highest BCUT2D eigenvalue weighted by Gasteiger charge is 2.33. The highest BCUT2D eigenvalue weighted by molar-refractivity contribution is 5.75. The molecule has 1 aromatic heterocycles. The Hall–Kier alpha value is -2.62. The van der Waals surface area contributed by atoms with Gasteiger partial charge in [-0.05, 0) is 60.2 Å². The van der Waals surface area contributed by atoms with Crippen LogP contribution in [0.3, 0.4) is 0 Å². The zero-order valence-electron chi connectivity index (χ0n) is 15.5. The molecule has 0 unspecified atom stereocenters. The van der Waals surface area contributed by atoms with Gasteiger partial charge in [0.15, 0.2) is 0 Å². The quantitative estimate of drug-likeness (QED) is 0.468. The standard InChI is InChI=1S/C23H22F3N/c1-3-4-6-17-7-5-8-18(13-17)20-14-19(10-11-21(20)23(24,25)26)22-12-9-16(2)15-27-22/h5,7-15H,3-4,6H2,1-2H3. The summed E-state index contributed by atoms with van der Waals surface area (Å²) in [7, 11) is 0. The van der Waals surface area contributed by atoms with E-state index < -0.39 is 11.7 Å². The van der Waals surface area contributed by atoms with Crippen molar-refractivity contribution >= 4 is 0 Å². The number of unbranched alkanes of at least 4 members (excludes halogenated alkanes) is 1. The van der Waals surface area contributed by atoms with Gasteiger partial charge in [0.2, 0.25) is 0 Å². The lowest BCUT2D eigenvalue weighted by Gasteiger charge is -2.15. The summed E-state index contributed by atoms with van der Waals surface area (Å²) in [6, 6.07) is 15.4. The molecule has 4 heteroatoms. The number of nitrogens with zero attached hydrogens (tertiary/aromatic N) is 1. The number of benzene rings is 2. The first-order valence-electron chi connectivity index (χ1n) is 9.12. The van der Waals surface area contributed by atoms with E-state index in [1.807, 2.05) is 37.3 Å². The largest absolute Gasteiger partial charge is 0.417 e. The highest BCUT2D eigenvalue weighted by Crippen LogP contribution is 2.39. The van der Waals surface area contributed by atoms with Gasteiger partial charge in [0, 0.05) is 11.8 Å². The van der Waals surface area contributed by atoms with Gasteiger partial charge in [-0.15, -0.1) is 0 Å². The van der Waals surface area contributed by atoms with Crippen molar-refractivity contribution in [1.82, 2.24) is 4.98 Å². The van der Waals surface area contributed by atoms with E-state index in [9.17, 15) is 13.2 Å². The predicted molar refractivity (Wildman–Crippen MR) is 103 cm³/mol. The van der Waals surface area contributed by atoms with Gasteiger partial charge in [-0.2, -0.15) is 13.2 Å². The molecule has 3 rings (SSSR count). The zero-order valence-corrected chi connectivity index (χ0v) is 15.5. The molecule has 0 saturated carbocycles. The number of pyridine rings is 1. The number of rotatable bonds is 5. The Kier molecular flexibility index (Phi) is 5.64. The molecule has 0 radical (unpaired) electrons. The first kappa shape index (κ1) is 19.2. The minimum atomic E-state index is -4.41. The number of aromatic nitrogens is 1. The Bertz CT molecular complexity index is 912. The number of halogens is 3. The third-order valence-corrected chi connectivity index (χ3v) is 4.59. The Morgan fingerprint density at radius 3 is 2.41 bits per heavy atom. The molecule has 0 atom stereocenters. The van der Waals surface area contributed by atoms with Crippen LogP contribution in [0.1, 0.15) is 36.5 Å². The number of alkyl halides is 3. The molecule has 3 aromatic rings. The summed E-state index contributed by atoms with van der Waals surface area (Å²) in [6.45, 7) is 4.03. The molecule has 0 saturated heterocycles. The van der Waals surface area contributed by atoms with Crippen molar-refractivity contribution in [2.75, 3.05) is 0 Å². The minimum absolute atomic E-state index is 0.195. The second kappa shape index (κ2) is 7.95. The Morgan fingerprint density at radius 2 is 1.74 bits per heavy atom. The van der Waals surface area contributed by atoms with Crippen molar-refractivity contribution < 1.29 is 13.2 Å². The fourth-order valence-corrected chi connectivity index (χ4v) is 3.10. The van der Waals surface area contributed by atoms with E-state index in [1.165, 1.54) is 6.07 Å². The average molecular weight is 369 g/mol. The molecule has 0 aliphatic rings. The van der Waals surface area contributed by atoms with Crippen LogP contribution in [0, 0.1) is 6.92 Å². The van der Waals surface area contributed by atoms with Gasteiger partial charge >= 0.3 is 6.18 Å². The van der Waals surface area contributed by atoms with Gasteiger partial charge in [-0.25, -0.2) is 0 Å². The van der Waals surface area contributed by atoms with Crippen LogP contribution in [0.5, 0.6) is 0 Å². The maximum Gasteiger partial charge on any atom is 0.417 e. The van der Waals surface area contributed by atoms with Crippen LogP contribution >= 0.6 is 0 Å². The number of hydrogen-bond acceptors (Lipinski definition) is 1. The summed E-state index contributed by atoms with van der Waals surface area (Å²) in [5, 5.41) is 0. The van der Waals surface area contributed by atoms with Crippen molar-refractivity contribution in [1.29, 1.82) is 0 Å². The monoisotopic (exact) mass is 369 g/mol. The summed E-state index contributed by atoms with van der Waals surface area (Å²) in [6.07, 6.45) is 0.243. The fourth-order valence-electron chi connectivity index (χ4n) is 3.10. The first-order valence-corrected chi connectivity index (χ1v) is 9.12. The van der Waals surface area contributed by atoms with Crippen molar-refractivity contribution in [3.8, 4) is 22.4 Å². The van der Waals surface area contributed by atoms with Crippen molar-refractivity contribution in [2.45, 2.75) is 39.3 Å². The Balaban J connectivity index is 2.11. The van der Waals surface area contributed by atoms with E-state index in [0.29, 0.717) is 16.8 Å². The molecule has 27 heavy (non-hydrogen) atoms. The van der Waals surface area contributed by atoms with Gasteiger partial charge in [0.1, 0.15) is 0 Å². The summed E-state index contributed by atoms with van der Waals surface area (Å²) < 4.78 is 40.8. The van der Waals surface area contributed by atoms with E-state index in [1.54, 1.807) is 18.3 Å². The molecule has 0 spiro atoms. The fraction of sp³-hybridized carbons (Fsp3) is 0.261. The molecule has 0 aliphatic heterocycles. The van der Waals surface area contributed by atoms with E-state index in [4.69, 9.17) is 0 Å². The van der Waals surface area contributed by atoms with Crippen molar-refractivity contribution in [3.63, 3.8) is 0 Å². The maximum absolute atomic E-state index is 13.6. The third kappa shape index (κ3) is 4.57. The Morgan fingerprint density at radius 1 is 0.926 bits per heavy atom. The number of aryl methyl sites for hydroxylation is 2. The Labute approximate surface area is 157 Å². The molecule has 0 fully saturated rings. The molecule has 0 N–H and O–H groups in total. The minimum Gasteiger partial charge on any atom is -0.256 e. The maximum atomic E-state index is 13.6. The predicted octanol–water partition coefficient (Wildman–Crippen LogP) is 7.09. The smallest absolute Gasteiger partial charge is 0.256 e. The molecule has 0 aliphatic carbocycles. The van der Waals surface area contributed by atoms with E-state index >= 15 is 0 Å². The average Bonchev–Trinajstić information content (AvgIpc) is 2.66. The van der Waals surface area contributed by atoms with Gasteiger partial charge in [0.25, 0.3) is 0 Å². The SMILES string of the molecule is CCCCc1cccc(-c2cc(-c3ccc(C)cn3)ccc2C(F)(F)F)c1. The molecule has 0 bridgehead atoms. The van der Waals surface area contributed by atoms with Gasteiger partial charge in [-0.1, -0.05) is 49.7 Å². The summed E-state index contributed by atoms with van der Waals surface area (Å²) in [5.74, 6) is 0. The summed E-state index contributed by atoms with van der Waals surface area (Å²) >= 11 is 0. The molecule has 2 aromatic carbocycles. The van der Waals surface area contributed by atoms with E-state index in [2.05, 4.69) is 11.9 Å². The lowest BCUT2D eigenvalue weighted by molar-refractivity contribution is -0.137. The van der Waals surface area contributed by atoms with Crippen LogP contribution in [-0.4, -0.2) is 4.98 Å². The first-order chi connectivity index (χ1) is 12.9. The van der Waals surface area contributed by atoms with Crippen LogP contribution in [0.4, 0.5) is 13.2 Å². The van der Waals surface area contributed by atoms with Gasteiger partial charge < -0.3 is 0 Å². The van der Waals surface area contributed by atoms with Crippen LogP contribution in [-0.2, 0) is 12.6 Å². The lowest BCUT2D eigenvalue weighted by Crippen LogP contribution is -2.07. The van der Waals surface area contributed by atoms with E-state index in [0.717, 1.165) is 36.5 Å². The topological polar surface area (TPSA) is 12.9 Å². The zero-order chi connectivity index (χ0) is 19.4. The summed E-state index contributed by atoms with van der Waals surface area (Å²) in [5.41, 5.74) is 3.57. The van der Waals surface area contributed by atoms with Crippen molar-refractivity contribution in [3.05, 3.63) is 77.5 Å². The van der Waals surface area contributed by atoms with E-state index in [-0.39, 0.29) is 5.56 Å². The molecular formula is C23H22F3N. The molecule has 140 valence electrons. The van der Waals surface area contributed by atoms with Crippen LogP contribution in [0.25, 0.3) is 22.4 Å². The highest BCUT2D eigenvalue weighted by atomic mass is 19.4. The van der Waals surface area contributed by atoms with Gasteiger partial charge in [-0.3, -0.25) is 4.98 Å². The molecule has 1 nitrogen and oxygen atoms in total. The third-order valence-electron chi connectivity index (χ3n) is 4.59. The summed E-state index contributed by atoms with van der Waals surface area (Å²) in [4.78, 5) is 4.35. The molecule has 0 amide bonds. The van der Waals surface area contributed by atoms with Crippen LogP contribution in [0.2, 0.25) is 0 Å².